The van der Waals surface area contributed by atoms with Crippen molar-refractivity contribution in [2.24, 2.45) is 0 Å². The van der Waals surface area contributed by atoms with E-state index in [1.165, 1.54) is 9.44 Å². The summed E-state index contributed by atoms with van der Waals surface area (Å²) in [6, 6.07) is 0. The van der Waals surface area contributed by atoms with E-state index in [0.717, 1.165) is 42.2 Å². The molecule has 0 aliphatic heterocycles. The number of aryl methyl sites for hydroxylation is 2. The third-order valence-electron chi connectivity index (χ3n) is 3.54. The summed E-state index contributed by atoms with van der Waals surface area (Å²) in [6.45, 7) is 6.03. The van der Waals surface area contributed by atoms with E-state index in [2.05, 4.69) is 11.6 Å². The van der Waals surface area contributed by atoms with E-state index >= 15 is 0 Å². The summed E-state index contributed by atoms with van der Waals surface area (Å²) < 4.78 is 1.53. The minimum Gasteiger partial charge on any atom is -0.549 e. The Balaban J connectivity index is 2.18. The summed E-state index contributed by atoms with van der Waals surface area (Å²) in [6.07, 6.45) is 3.00. The molecular formula is C15H15N2O3S2-. The largest absolute Gasteiger partial charge is 0.549 e. The van der Waals surface area contributed by atoms with Crippen molar-refractivity contribution < 1.29 is 9.90 Å². The molecule has 2 aromatic heterocycles. The second-order valence-electron chi connectivity index (χ2n) is 5.44. The molecule has 7 heteroatoms. The number of carboxylic acid groups (broad SMARTS) is 1. The summed E-state index contributed by atoms with van der Waals surface area (Å²) in [5.41, 5.74) is 1.86. The molecule has 5 nitrogen and oxygen atoms in total. The van der Waals surface area contributed by atoms with Gasteiger partial charge in [0.25, 0.3) is 5.56 Å². The van der Waals surface area contributed by atoms with Gasteiger partial charge in [0.15, 0.2) is 5.16 Å². The van der Waals surface area contributed by atoms with Gasteiger partial charge in [-0.05, 0) is 31.7 Å². The number of allylic oxidation sites excluding steroid dienone is 1. The SMILES string of the molecule is C=C(C)Cn1c(SCC(=O)[O-])nc2sc3c(c2c1=O)CCC3. The quantitative estimate of drug-likeness (QED) is 0.469. The van der Waals surface area contributed by atoms with E-state index in [1.807, 2.05) is 6.92 Å². The van der Waals surface area contributed by atoms with E-state index in [1.54, 1.807) is 11.3 Å². The third kappa shape index (κ3) is 2.70. The Kier molecular flexibility index (Phi) is 4.10. The number of hydrogen-bond acceptors (Lipinski definition) is 6. The molecule has 0 spiro atoms. The minimum absolute atomic E-state index is 0.0896. The van der Waals surface area contributed by atoms with Crippen LogP contribution in [0, 0.1) is 0 Å². The minimum atomic E-state index is -1.17. The van der Waals surface area contributed by atoms with Gasteiger partial charge < -0.3 is 9.90 Å². The zero-order valence-electron chi connectivity index (χ0n) is 12.2. The Morgan fingerprint density at radius 3 is 2.95 bits per heavy atom. The molecule has 0 fully saturated rings. The molecule has 1 aliphatic rings. The molecule has 0 N–H and O–H groups in total. The van der Waals surface area contributed by atoms with Crippen LogP contribution < -0.4 is 10.7 Å². The van der Waals surface area contributed by atoms with Gasteiger partial charge in [-0.1, -0.05) is 23.9 Å². The molecular weight excluding hydrogens is 320 g/mol. The summed E-state index contributed by atoms with van der Waals surface area (Å²) >= 11 is 2.58. The van der Waals surface area contributed by atoms with Crippen molar-refractivity contribution in [1.82, 2.24) is 9.55 Å². The number of carboxylic acids is 1. The molecule has 0 saturated heterocycles. The van der Waals surface area contributed by atoms with Gasteiger partial charge in [0.05, 0.1) is 11.4 Å². The maximum Gasteiger partial charge on any atom is 0.263 e. The van der Waals surface area contributed by atoms with Gasteiger partial charge in [-0.2, -0.15) is 0 Å². The number of aliphatic carboxylic acids is 1. The lowest BCUT2D eigenvalue weighted by molar-refractivity contribution is -0.301. The van der Waals surface area contributed by atoms with Crippen LogP contribution in [0.2, 0.25) is 0 Å². The molecule has 116 valence electrons. The fraction of sp³-hybridized carbons (Fsp3) is 0.400. The number of aromatic nitrogens is 2. The molecule has 1 aliphatic carbocycles. The maximum atomic E-state index is 12.9. The lowest BCUT2D eigenvalue weighted by Crippen LogP contribution is -2.27. The van der Waals surface area contributed by atoms with Crippen molar-refractivity contribution in [3.05, 3.63) is 32.9 Å². The molecule has 2 aromatic rings. The van der Waals surface area contributed by atoms with Gasteiger partial charge in [-0.25, -0.2) is 4.98 Å². The number of carbonyl (C=O) groups is 1. The first-order valence-corrected chi connectivity index (χ1v) is 8.79. The molecule has 0 aromatic carbocycles. The lowest BCUT2D eigenvalue weighted by Gasteiger charge is -2.12. The van der Waals surface area contributed by atoms with Crippen LogP contribution in [0.25, 0.3) is 10.2 Å². The topological polar surface area (TPSA) is 75.0 Å². The predicted octanol–water partition coefficient (Wildman–Crippen LogP) is 1.36. The number of thioether (sulfide) groups is 1. The Morgan fingerprint density at radius 1 is 1.50 bits per heavy atom. The number of thiophene rings is 1. The van der Waals surface area contributed by atoms with Crippen LogP contribution in [0.1, 0.15) is 23.8 Å². The van der Waals surface area contributed by atoms with Crippen LogP contribution in [0.15, 0.2) is 22.1 Å². The summed E-state index contributed by atoms with van der Waals surface area (Å²) in [5, 5.41) is 11.8. The molecule has 0 saturated carbocycles. The third-order valence-corrected chi connectivity index (χ3v) is 5.67. The van der Waals surface area contributed by atoms with Crippen LogP contribution >= 0.6 is 23.1 Å². The number of hydrogen-bond donors (Lipinski definition) is 0. The molecule has 2 heterocycles. The van der Waals surface area contributed by atoms with Crippen LogP contribution in [0.5, 0.6) is 0 Å². The molecule has 22 heavy (non-hydrogen) atoms. The van der Waals surface area contributed by atoms with Crippen molar-refractivity contribution >= 4 is 39.3 Å². The smallest absolute Gasteiger partial charge is 0.263 e. The van der Waals surface area contributed by atoms with Crippen molar-refractivity contribution in [3.8, 4) is 0 Å². The molecule has 0 bridgehead atoms. The zero-order valence-corrected chi connectivity index (χ0v) is 13.8. The van der Waals surface area contributed by atoms with Crippen molar-refractivity contribution in [3.63, 3.8) is 0 Å². The average Bonchev–Trinajstić information content (AvgIpc) is 2.99. The van der Waals surface area contributed by atoms with E-state index < -0.39 is 5.97 Å². The standard InChI is InChI=1S/C15H16N2O3S2/c1-8(2)6-17-14(20)12-9-4-3-5-10(9)22-13(12)16-15(17)21-7-11(18)19/h1,3-7H2,2H3,(H,18,19)/p-1. The van der Waals surface area contributed by atoms with Crippen LogP contribution in [0.4, 0.5) is 0 Å². The second-order valence-corrected chi connectivity index (χ2v) is 7.47. The number of fused-ring (bicyclic) bond motifs is 3. The highest BCUT2D eigenvalue weighted by atomic mass is 32.2. The number of carbonyl (C=O) groups excluding carboxylic acids is 1. The molecule has 0 amide bonds. The number of rotatable bonds is 5. The highest BCUT2D eigenvalue weighted by Gasteiger charge is 2.23. The van der Waals surface area contributed by atoms with Gasteiger partial charge in [0.1, 0.15) is 4.83 Å². The van der Waals surface area contributed by atoms with Crippen molar-refractivity contribution in [1.29, 1.82) is 0 Å². The highest BCUT2D eigenvalue weighted by molar-refractivity contribution is 7.99. The van der Waals surface area contributed by atoms with Crippen LogP contribution in [0.3, 0.4) is 0 Å². The second kappa shape index (κ2) is 5.89. The average molecular weight is 335 g/mol. The first-order chi connectivity index (χ1) is 10.5. The van der Waals surface area contributed by atoms with E-state index in [0.29, 0.717) is 21.9 Å². The Morgan fingerprint density at radius 2 is 2.27 bits per heavy atom. The maximum absolute atomic E-state index is 12.9. The van der Waals surface area contributed by atoms with Gasteiger partial charge >= 0.3 is 0 Å². The first kappa shape index (κ1) is 15.3. The van der Waals surface area contributed by atoms with Crippen molar-refractivity contribution in [2.45, 2.75) is 37.9 Å². The van der Waals surface area contributed by atoms with Crippen LogP contribution in [-0.2, 0) is 24.2 Å². The summed E-state index contributed by atoms with van der Waals surface area (Å²) in [4.78, 5) is 30.1. The zero-order chi connectivity index (χ0) is 15.9. The summed E-state index contributed by atoms with van der Waals surface area (Å²) in [7, 11) is 0. The molecule has 0 radical (unpaired) electrons. The molecule has 3 rings (SSSR count). The van der Waals surface area contributed by atoms with Crippen molar-refractivity contribution in [2.75, 3.05) is 5.75 Å². The molecule has 0 unspecified atom stereocenters. The normalized spacial score (nSPS) is 13.5. The van der Waals surface area contributed by atoms with E-state index in [4.69, 9.17) is 0 Å². The highest BCUT2D eigenvalue weighted by Crippen LogP contribution is 2.35. The Hall–Kier alpha value is -1.60. The fourth-order valence-corrected chi connectivity index (χ4v) is 4.72. The lowest BCUT2D eigenvalue weighted by atomic mass is 10.2. The Labute approximate surface area is 135 Å². The van der Waals surface area contributed by atoms with Gasteiger partial charge in [-0.3, -0.25) is 9.36 Å². The van der Waals surface area contributed by atoms with Gasteiger partial charge in [0.2, 0.25) is 0 Å². The van der Waals surface area contributed by atoms with E-state index in [9.17, 15) is 14.7 Å². The number of nitrogens with zero attached hydrogens (tertiary/aromatic N) is 2. The Bertz CT molecular complexity index is 835. The molecule has 0 atom stereocenters. The van der Waals surface area contributed by atoms with Gasteiger partial charge in [-0.15, -0.1) is 11.3 Å². The van der Waals surface area contributed by atoms with Crippen LogP contribution in [-0.4, -0.2) is 21.3 Å². The predicted molar refractivity (Wildman–Crippen MR) is 86.5 cm³/mol. The summed E-state index contributed by atoms with van der Waals surface area (Å²) in [5.74, 6) is -1.39. The van der Waals surface area contributed by atoms with E-state index in [-0.39, 0.29) is 11.3 Å². The monoisotopic (exact) mass is 335 g/mol. The van der Waals surface area contributed by atoms with Gasteiger partial charge in [0, 0.05) is 17.2 Å². The first-order valence-electron chi connectivity index (χ1n) is 6.99. The fourth-order valence-electron chi connectivity index (χ4n) is 2.70.